The molecule has 4 fully saturated rings. The Balaban J connectivity index is 0.938. The van der Waals surface area contributed by atoms with Crippen molar-refractivity contribution in [3.63, 3.8) is 0 Å². The van der Waals surface area contributed by atoms with Crippen molar-refractivity contribution in [3.8, 4) is 0 Å². The predicted octanol–water partition coefficient (Wildman–Crippen LogP) is 6.61. The highest BCUT2D eigenvalue weighted by molar-refractivity contribution is 6.20. The number of benzene rings is 1. The van der Waals surface area contributed by atoms with Gasteiger partial charge in [0.1, 0.15) is 42.0 Å². The van der Waals surface area contributed by atoms with E-state index in [-0.39, 0.29) is 54.4 Å². The Morgan fingerprint density at radius 2 is 1.49 bits per heavy atom. The number of esters is 1. The molecule has 17 heteroatoms. The lowest BCUT2D eigenvalue weighted by molar-refractivity contribution is -0.329. The molecule has 1 aliphatic carbocycles. The number of hydrogen-bond acceptors (Lipinski definition) is 16. The molecule has 1 aromatic rings. The van der Waals surface area contributed by atoms with Gasteiger partial charge in [-0.05, 0) is 75.0 Å². The average Bonchev–Trinajstić information content (AvgIpc) is 3.83. The maximum absolute atomic E-state index is 14.4. The van der Waals surface area contributed by atoms with Crippen molar-refractivity contribution in [2.24, 2.45) is 23.7 Å². The Kier molecular flexibility index (Phi) is 16.2. The summed E-state index contributed by atoms with van der Waals surface area (Å²) in [5, 5.41) is 24.7. The number of imide groups is 1. The van der Waals surface area contributed by atoms with Gasteiger partial charge in [0, 0.05) is 51.7 Å². The summed E-state index contributed by atoms with van der Waals surface area (Å²) in [7, 11) is 3.16. The van der Waals surface area contributed by atoms with Crippen LogP contribution in [-0.2, 0) is 57.0 Å². The Bertz CT molecular complexity index is 2330. The van der Waals surface area contributed by atoms with E-state index in [0.717, 1.165) is 17.1 Å². The van der Waals surface area contributed by atoms with Crippen molar-refractivity contribution >= 4 is 17.8 Å². The summed E-state index contributed by atoms with van der Waals surface area (Å²) in [5.41, 5.74) is 0.582. The van der Waals surface area contributed by atoms with Crippen LogP contribution in [0.25, 0.3) is 0 Å². The fourth-order valence-corrected chi connectivity index (χ4v) is 12.1. The van der Waals surface area contributed by atoms with Gasteiger partial charge in [0.15, 0.2) is 18.4 Å². The first-order valence-corrected chi connectivity index (χ1v) is 26.2. The largest absolute Gasteiger partial charge is 0.462 e. The van der Waals surface area contributed by atoms with E-state index in [1.165, 1.54) is 7.11 Å². The molecule has 1 unspecified atom stereocenters. The third-order valence-corrected chi connectivity index (χ3v) is 16.5. The predicted molar refractivity (Wildman–Crippen MR) is 263 cm³/mol. The van der Waals surface area contributed by atoms with Crippen molar-refractivity contribution in [2.75, 3.05) is 20.8 Å². The molecule has 400 valence electrons. The normalized spacial score (nSPS) is 44.3. The first-order chi connectivity index (χ1) is 34.9. The maximum Gasteiger partial charge on any atom is 0.316 e. The van der Waals surface area contributed by atoms with Crippen LogP contribution in [-0.4, -0.2) is 151 Å². The number of rotatable bonds is 10. The molecule has 7 heterocycles. The fraction of sp³-hybridized carbons (Fsp3) is 0.661. The van der Waals surface area contributed by atoms with Gasteiger partial charge in [-0.3, -0.25) is 19.2 Å². The van der Waals surface area contributed by atoms with E-state index in [1.54, 1.807) is 57.4 Å². The van der Waals surface area contributed by atoms with E-state index in [2.05, 4.69) is 32.9 Å². The molecule has 0 aromatic heterocycles. The number of methoxy groups -OCH3 is 2. The Labute approximate surface area is 428 Å². The quantitative estimate of drug-likeness (QED) is 0.144. The molecule has 9 rings (SSSR count). The molecule has 1 spiro atoms. The lowest BCUT2D eigenvalue weighted by Gasteiger charge is -2.48. The number of aliphatic hydroxyl groups excluding tert-OH is 1. The van der Waals surface area contributed by atoms with E-state index >= 15 is 0 Å². The molecule has 73 heavy (non-hydrogen) atoms. The number of carbonyl (C=O) groups is 3. The second-order valence-corrected chi connectivity index (χ2v) is 21.5. The highest BCUT2D eigenvalue weighted by atomic mass is 16.8. The van der Waals surface area contributed by atoms with E-state index in [4.69, 9.17) is 52.2 Å². The second kappa shape index (κ2) is 22.0. The van der Waals surface area contributed by atoms with Gasteiger partial charge in [-0.1, -0.05) is 82.7 Å². The summed E-state index contributed by atoms with van der Waals surface area (Å²) in [6.45, 7) is 16.0. The van der Waals surface area contributed by atoms with E-state index in [9.17, 15) is 24.6 Å². The number of allylic oxidation sites excluding steroid dienone is 2. The SMILES string of the molecule is CCC(C)[C@H]1O[C@]2(C=C[C@@H]1C)C[C@@H]1C[C@@H](C/C=C(\C)[C@@H](O[C@H]3C[C@H](OC)[C@@H](O[C@H]4C[C@H](OC)[C@@H](ON5C(=O)c6ccccc6C5=O)[C@H](C)O4)[C@H](C)O3)[C@@H](C)/C=C/C=C3\CO[C@@H]4[C@H](O)C(C)=C[C@@H](C(=O)O1)[C@]34O)O2. The zero-order valence-corrected chi connectivity index (χ0v) is 43.8. The number of fused-ring (bicyclic) bond motifs is 3. The van der Waals surface area contributed by atoms with Crippen molar-refractivity contribution in [2.45, 2.75) is 191 Å². The average molecular weight is 1020 g/mol. The van der Waals surface area contributed by atoms with Crippen LogP contribution in [0.5, 0.6) is 0 Å². The van der Waals surface area contributed by atoms with E-state index in [1.807, 2.05) is 39.0 Å². The summed E-state index contributed by atoms with van der Waals surface area (Å²) in [5.74, 6) is -3.81. The number of carbonyl (C=O) groups excluding carboxylic acids is 3. The van der Waals surface area contributed by atoms with Crippen molar-refractivity contribution in [1.82, 2.24) is 5.06 Å². The molecule has 1 aromatic carbocycles. The number of aliphatic hydroxyl groups is 2. The van der Waals surface area contributed by atoms with Gasteiger partial charge >= 0.3 is 5.97 Å². The van der Waals surface area contributed by atoms with Gasteiger partial charge in [0.05, 0.1) is 60.5 Å². The lowest BCUT2D eigenvalue weighted by Crippen LogP contribution is -2.58. The number of amides is 2. The Morgan fingerprint density at radius 3 is 2.16 bits per heavy atom. The molecule has 8 aliphatic rings. The number of hydroxylamine groups is 2. The molecule has 7 aliphatic heterocycles. The van der Waals surface area contributed by atoms with Crippen LogP contribution in [0.3, 0.4) is 0 Å². The zero-order valence-electron chi connectivity index (χ0n) is 43.8. The standard InChI is InChI=1S/C56H75NO16/c1-11-29(2)48-32(5)21-22-55(72-48)27-38-24-37(71-55)20-19-31(4)47(30(3)15-14-16-36-28-65-51-46(58)33(6)23-41(54(61)68-38)56(36,51)62)69-44-25-42(63-9)49(34(7)66-44)70-45-26-43(64-10)50(35(8)67-45)73-57-52(59)39-17-12-13-18-40(39)53(57)60/h12-19,21-23,29-30,32,34-35,37-38,41-51,58,62H,11,20,24-28H2,1-10H3/b15-14+,31-19+,36-16+/t29?,30-,32-,34-,35-,37+,38-,41-,42-,43-,44-,45-,46+,47-,48+,49-,50-,51+,55+,56+/m0/s1. The third kappa shape index (κ3) is 10.5. The minimum atomic E-state index is -1.87. The molecule has 2 N–H and O–H groups in total. The van der Waals surface area contributed by atoms with Gasteiger partial charge in [0.2, 0.25) is 0 Å². The Hall–Kier alpha value is -3.95. The summed E-state index contributed by atoms with van der Waals surface area (Å²) >= 11 is 0. The Morgan fingerprint density at radius 1 is 0.836 bits per heavy atom. The van der Waals surface area contributed by atoms with Gasteiger partial charge in [0.25, 0.3) is 11.8 Å². The monoisotopic (exact) mass is 1020 g/mol. The maximum atomic E-state index is 14.4. The highest BCUT2D eigenvalue weighted by Gasteiger charge is 2.60. The van der Waals surface area contributed by atoms with Crippen LogP contribution in [0, 0.1) is 23.7 Å². The van der Waals surface area contributed by atoms with Crippen LogP contribution in [0.1, 0.15) is 115 Å². The van der Waals surface area contributed by atoms with Crippen molar-refractivity contribution < 1.29 is 76.8 Å². The molecular formula is C56H75NO16. The summed E-state index contributed by atoms with van der Waals surface area (Å²) < 4.78 is 64.8. The fourth-order valence-electron chi connectivity index (χ4n) is 12.1. The molecular weight excluding hydrogens is 943 g/mol. The minimum absolute atomic E-state index is 0.00753. The summed E-state index contributed by atoms with van der Waals surface area (Å²) in [6, 6.07) is 6.59. The van der Waals surface area contributed by atoms with Gasteiger partial charge < -0.3 is 57.6 Å². The summed E-state index contributed by atoms with van der Waals surface area (Å²) in [6.07, 6.45) is 7.08. The van der Waals surface area contributed by atoms with Crippen LogP contribution in [0.2, 0.25) is 0 Å². The van der Waals surface area contributed by atoms with Crippen LogP contribution < -0.4 is 0 Å². The van der Waals surface area contributed by atoms with E-state index in [0.29, 0.717) is 30.4 Å². The van der Waals surface area contributed by atoms with Gasteiger partial charge in [-0.25, -0.2) is 0 Å². The molecule has 17 nitrogen and oxygen atoms in total. The number of nitrogens with zero attached hydrogens (tertiary/aromatic N) is 1. The minimum Gasteiger partial charge on any atom is -0.462 e. The molecule has 20 atom stereocenters. The molecule has 4 saturated heterocycles. The smallest absolute Gasteiger partial charge is 0.316 e. The second-order valence-electron chi connectivity index (χ2n) is 21.5. The van der Waals surface area contributed by atoms with Crippen molar-refractivity contribution in [1.29, 1.82) is 0 Å². The first kappa shape index (κ1) is 53.9. The van der Waals surface area contributed by atoms with Crippen LogP contribution in [0.4, 0.5) is 0 Å². The van der Waals surface area contributed by atoms with Crippen LogP contribution in [0.15, 0.2) is 83.5 Å². The molecule has 0 radical (unpaired) electrons. The summed E-state index contributed by atoms with van der Waals surface area (Å²) in [4.78, 5) is 46.8. The van der Waals surface area contributed by atoms with Gasteiger partial charge in [-0.15, -0.1) is 5.06 Å². The van der Waals surface area contributed by atoms with E-state index < -0.39 is 115 Å². The number of hydrogen-bond donors (Lipinski definition) is 2. The van der Waals surface area contributed by atoms with Crippen molar-refractivity contribution in [3.05, 3.63) is 94.6 Å². The number of ether oxygens (including phenoxy) is 10. The topological polar surface area (TPSA) is 196 Å². The third-order valence-electron chi connectivity index (χ3n) is 16.5. The van der Waals surface area contributed by atoms with Gasteiger partial charge in [-0.2, -0.15) is 0 Å². The van der Waals surface area contributed by atoms with Crippen LogP contribution >= 0.6 is 0 Å². The first-order valence-electron chi connectivity index (χ1n) is 26.2. The molecule has 2 bridgehead atoms. The lowest BCUT2D eigenvalue weighted by atomic mass is 9.71. The zero-order chi connectivity index (χ0) is 52.1. The molecule has 0 saturated carbocycles. The highest BCUT2D eigenvalue weighted by Crippen LogP contribution is 2.47. The molecule has 2 amide bonds.